The summed E-state index contributed by atoms with van der Waals surface area (Å²) in [6.07, 6.45) is -0.932. The Morgan fingerprint density at radius 2 is 1.84 bits per heavy atom. The highest BCUT2D eigenvalue weighted by Crippen LogP contribution is 2.30. The van der Waals surface area contributed by atoms with Crippen molar-refractivity contribution in [3.05, 3.63) is 23.3 Å². The fourth-order valence-corrected chi connectivity index (χ4v) is 1.40. The third-order valence-electron chi connectivity index (χ3n) is 2.19. The molecule has 4 nitrogen and oxygen atoms in total. The van der Waals surface area contributed by atoms with Gasteiger partial charge in [-0.05, 0) is 39.3 Å². The van der Waals surface area contributed by atoms with Crippen molar-refractivity contribution < 1.29 is 23.0 Å². The lowest BCUT2D eigenvalue weighted by Gasteiger charge is -2.20. The van der Waals surface area contributed by atoms with E-state index in [4.69, 9.17) is 9.47 Å². The van der Waals surface area contributed by atoms with E-state index in [2.05, 4.69) is 5.32 Å². The first kappa shape index (κ1) is 15.2. The number of halogens is 2. The van der Waals surface area contributed by atoms with Crippen LogP contribution in [0.4, 0.5) is 19.3 Å². The number of benzene rings is 1. The number of nitrogens with one attached hydrogen (secondary N) is 1. The van der Waals surface area contributed by atoms with Crippen LogP contribution in [0.25, 0.3) is 0 Å². The molecule has 0 heterocycles. The van der Waals surface area contributed by atoms with Crippen LogP contribution in [-0.4, -0.2) is 18.8 Å². The monoisotopic (exact) mass is 273 g/mol. The molecule has 0 aromatic heterocycles. The summed E-state index contributed by atoms with van der Waals surface area (Å²) in [5.74, 6) is -1.98. The molecule has 0 unspecified atom stereocenters. The number of methoxy groups -OCH3 is 1. The van der Waals surface area contributed by atoms with Crippen molar-refractivity contribution in [2.45, 2.75) is 33.3 Å². The second-order valence-corrected chi connectivity index (χ2v) is 5.03. The number of anilines is 1. The van der Waals surface area contributed by atoms with Crippen molar-refractivity contribution in [3.8, 4) is 5.75 Å². The second kappa shape index (κ2) is 5.42. The maximum absolute atomic E-state index is 13.9. The Balaban J connectivity index is 3.07. The van der Waals surface area contributed by atoms with E-state index in [1.165, 1.54) is 20.1 Å². The number of aryl methyl sites for hydroxylation is 1. The van der Waals surface area contributed by atoms with Gasteiger partial charge in [-0.2, -0.15) is 0 Å². The van der Waals surface area contributed by atoms with Crippen LogP contribution in [0, 0.1) is 18.6 Å². The van der Waals surface area contributed by atoms with Gasteiger partial charge in [0, 0.05) is 0 Å². The molecule has 0 atom stereocenters. The van der Waals surface area contributed by atoms with E-state index in [0.29, 0.717) is 0 Å². The molecule has 0 bridgehead atoms. The van der Waals surface area contributed by atoms with Crippen molar-refractivity contribution in [3.63, 3.8) is 0 Å². The van der Waals surface area contributed by atoms with Crippen LogP contribution < -0.4 is 10.1 Å². The molecule has 0 aliphatic rings. The molecule has 0 spiro atoms. The molecular formula is C13H17F2NO3. The number of hydrogen-bond donors (Lipinski definition) is 1. The number of ether oxygens (including phenoxy) is 2. The zero-order valence-electron chi connectivity index (χ0n) is 11.6. The standard InChI is InChI=1S/C13H17F2NO3/c1-7-6-8(18-5)10(15)11(9(7)14)16-12(17)19-13(2,3)4/h6H,1-5H3,(H,16,17). The van der Waals surface area contributed by atoms with Gasteiger partial charge in [-0.3, -0.25) is 5.32 Å². The van der Waals surface area contributed by atoms with Crippen molar-refractivity contribution in [2.24, 2.45) is 0 Å². The molecule has 1 aromatic rings. The van der Waals surface area contributed by atoms with Crippen molar-refractivity contribution in [1.29, 1.82) is 0 Å². The molecule has 0 saturated carbocycles. The summed E-state index contributed by atoms with van der Waals surface area (Å²) in [6, 6.07) is 1.21. The van der Waals surface area contributed by atoms with Crippen LogP contribution in [0.3, 0.4) is 0 Å². The number of hydrogen-bond acceptors (Lipinski definition) is 3. The molecule has 0 fully saturated rings. The fourth-order valence-electron chi connectivity index (χ4n) is 1.40. The number of carbonyl (C=O) groups excluding carboxylic acids is 1. The topological polar surface area (TPSA) is 47.6 Å². The zero-order chi connectivity index (χ0) is 14.8. The van der Waals surface area contributed by atoms with Gasteiger partial charge in [-0.15, -0.1) is 0 Å². The quantitative estimate of drug-likeness (QED) is 0.895. The van der Waals surface area contributed by atoms with Gasteiger partial charge in [0.1, 0.15) is 11.3 Å². The molecule has 0 aliphatic carbocycles. The molecule has 6 heteroatoms. The summed E-state index contributed by atoms with van der Waals surface area (Å²) in [4.78, 5) is 11.5. The van der Waals surface area contributed by atoms with E-state index in [0.717, 1.165) is 0 Å². The summed E-state index contributed by atoms with van der Waals surface area (Å²) >= 11 is 0. The number of rotatable bonds is 2. The summed E-state index contributed by atoms with van der Waals surface area (Å²) in [5, 5.41) is 2.06. The second-order valence-electron chi connectivity index (χ2n) is 5.03. The van der Waals surface area contributed by atoms with Gasteiger partial charge in [0.2, 0.25) is 0 Å². The predicted molar refractivity (Wildman–Crippen MR) is 67.5 cm³/mol. The SMILES string of the molecule is COc1cc(C)c(F)c(NC(=O)OC(C)(C)C)c1F. The lowest BCUT2D eigenvalue weighted by atomic mass is 10.1. The smallest absolute Gasteiger partial charge is 0.412 e. The number of carbonyl (C=O) groups is 1. The Bertz CT molecular complexity index is 496. The molecule has 19 heavy (non-hydrogen) atoms. The van der Waals surface area contributed by atoms with Gasteiger partial charge >= 0.3 is 6.09 Å². The molecule has 1 N–H and O–H groups in total. The molecule has 0 saturated heterocycles. The average molecular weight is 273 g/mol. The van der Waals surface area contributed by atoms with Crippen molar-refractivity contribution in [1.82, 2.24) is 0 Å². The maximum atomic E-state index is 13.9. The predicted octanol–water partition coefficient (Wildman–Crippen LogP) is 3.63. The Labute approximate surface area is 110 Å². The minimum Gasteiger partial charge on any atom is -0.494 e. The third-order valence-corrected chi connectivity index (χ3v) is 2.19. The molecular weight excluding hydrogens is 256 g/mol. The van der Waals surface area contributed by atoms with Gasteiger partial charge in [-0.1, -0.05) is 0 Å². The first-order chi connectivity index (χ1) is 8.65. The highest BCUT2D eigenvalue weighted by atomic mass is 19.1. The van der Waals surface area contributed by atoms with Crippen LogP contribution in [0.1, 0.15) is 26.3 Å². The molecule has 0 radical (unpaired) electrons. The first-order valence-corrected chi connectivity index (χ1v) is 5.68. The molecule has 0 aliphatic heterocycles. The van der Waals surface area contributed by atoms with Crippen molar-refractivity contribution >= 4 is 11.8 Å². The Morgan fingerprint density at radius 1 is 1.26 bits per heavy atom. The highest BCUT2D eigenvalue weighted by Gasteiger charge is 2.22. The van der Waals surface area contributed by atoms with Gasteiger partial charge in [0.05, 0.1) is 7.11 Å². The van der Waals surface area contributed by atoms with Gasteiger partial charge in [0.15, 0.2) is 17.4 Å². The molecule has 1 rings (SSSR count). The molecule has 106 valence electrons. The van der Waals surface area contributed by atoms with Gasteiger partial charge in [-0.25, -0.2) is 13.6 Å². The average Bonchev–Trinajstić information content (AvgIpc) is 2.27. The Hall–Kier alpha value is -1.85. The van der Waals surface area contributed by atoms with E-state index in [1.54, 1.807) is 20.8 Å². The van der Waals surface area contributed by atoms with E-state index in [1.807, 2.05) is 0 Å². The van der Waals surface area contributed by atoms with Crippen LogP contribution in [0.15, 0.2) is 6.07 Å². The minimum atomic E-state index is -0.976. The molecule has 1 aromatic carbocycles. The van der Waals surface area contributed by atoms with Crippen LogP contribution in [0.5, 0.6) is 5.75 Å². The van der Waals surface area contributed by atoms with E-state index in [9.17, 15) is 13.6 Å². The van der Waals surface area contributed by atoms with Gasteiger partial charge in [0.25, 0.3) is 0 Å². The summed E-state index contributed by atoms with van der Waals surface area (Å²) < 4.78 is 37.4. The van der Waals surface area contributed by atoms with Crippen LogP contribution in [0.2, 0.25) is 0 Å². The summed E-state index contributed by atoms with van der Waals surface area (Å²) in [6.45, 7) is 6.39. The van der Waals surface area contributed by atoms with E-state index >= 15 is 0 Å². The Kier molecular flexibility index (Phi) is 4.34. The van der Waals surface area contributed by atoms with Gasteiger partial charge < -0.3 is 9.47 Å². The first-order valence-electron chi connectivity index (χ1n) is 5.68. The largest absolute Gasteiger partial charge is 0.494 e. The van der Waals surface area contributed by atoms with Crippen LogP contribution >= 0.6 is 0 Å². The highest BCUT2D eigenvalue weighted by molar-refractivity contribution is 5.85. The lowest BCUT2D eigenvalue weighted by molar-refractivity contribution is 0.0634. The van der Waals surface area contributed by atoms with Crippen LogP contribution in [-0.2, 0) is 4.74 Å². The van der Waals surface area contributed by atoms with Crippen molar-refractivity contribution in [2.75, 3.05) is 12.4 Å². The fraction of sp³-hybridized carbons (Fsp3) is 0.462. The van der Waals surface area contributed by atoms with E-state index < -0.39 is 29.0 Å². The normalized spacial score (nSPS) is 11.1. The summed E-state index contributed by atoms with van der Waals surface area (Å²) in [7, 11) is 1.26. The summed E-state index contributed by atoms with van der Waals surface area (Å²) in [5.41, 5.74) is -1.18. The van der Waals surface area contributed by atoms with E-state index in [-0.39, 0.29) is 11.3 Å². The minimum absolute atomic E-state index is 0.148. The third kappa shape index (κ3) is 3.81. The molecule has 1 amide bonds. The zero-order valence-corrected chi connectivity index (χ0v) is 11.6. The number of amides is 1. The lowest BCUT2D eigenvalue weighted by Crippen LogP contribution is -2.28. The Morgan fingerprint density at radius 3 is 2.32 bits per heavy atom. The maximum Gasteiger partial charge on any atom is 0.412 e.